The summed E-state index contributed by atoms with van der Waals surface area (Å²) >= 11 is 1.25. The van der Waals surface area contributed by atoms with Gasteiger partial charge in [0.25, 0.3) is 5.91 Å². The SMILES string of the molecule is O=C(CSc1ncccc1C(=O)N1CCN(c2ccccc2)CC1)Nc1ccc2c(c1)OCO2. The van der Waals surface area contributed by atoms with E-state index in [1.165, 1.54) is 17.4 Å². The van der Waals surface area contributed by atoms with Gasteiger partial charge in [-0.3, -0.25) is 9.59 Å². The van der Waals surface area contributed by atoms with E-state index in [4.69, 9.17) is 9.47 Å². The number of fused-ring (bicyclic) bond motifs is 1. The highest BCUT2D eigenvalue weighted by Gasteiger charge is 2.25. The van der Waals surface area contributed by atoms with Crippen molar-refractivity contribution < 1.29 is 19.1 Å². The first-order chi connectivity index (χ1) is 16.7. The molecule has 0 atom stereocenters. The fourth-order valence-corrected chi connectivity index (χ4v) is 4.74. The molecule has 3 aromatic rings. The molecule has 0 spiro atoms. The molecule has 0 saturated carbocycles. The smallest absolute Gasteiger partial charge is 0.256 e. The lowest BCUT2D eigenvalue weighted by atomic mass is 10.2. The Balaban J connectivity index is 1.18. The molecule has 1 saturated heterocycles. The molecule has 2 aliphatic rings. The van der Waals surface area contributed by atoms with E-state index in [1.807, 2.05) is 23.1 Å². The van der Waals surface area contributed by atoms with E-state index in [0.29, 0.717) is 40.9 Å². The van der Waals surface area contributed by atoms with Crippen molar-refractivity contribution in [2.24, 2.45) is 0 Å². The number of hydrogen-bond acceptors (Lipinski definition) is 7. The predicted octanol–water partition coefficient (Wildman–Crippen LogP) is 3.50. The number of piperazine rings is 1. The van der Waals surface area contributed by atoms with Gasteiger partial charge >= 0.3 is 0 Å². The number of nitrogens with zero attached hydrogens (tertiary/aromatic N) is 3. The van der Waals surface area contributed by atoms with Gasteiger partial charge in [0.05, 0.1) is 11.3 Å². The highest BCUT2D eigenvalue weighted by Crippen LogP contribution is 2.34. The van der Waals surface area contributed by atoms with E-state index < -0.39 is 0 Å². The monoisotopic (exact) mass is 476 g/mol. The zero-order chi connectivity index (χ0) is 23.3. The highest BCUT2D eigenvalue weighted by atomic mass is 32.2. The van der Waals surface area contributed by atoms with Crippen LogP contribution < -0.4 is 19.7 Å². The Hall–Kier alpha value is -3.72. The number of anilines is 2. The Morgan fingerprint density at radius 3 is 2.56 bits per heavy atom. The van der Waals surface area contributed by atoms with Crippen LogP contribution in [0.2, 0.25) is 0 Å². The zero-order valence-corrected chi connectivity index (χ0v) is 19.3. The molecule has 1 fully saturated rings. The average Bonchev–Trinajstić information content (AvgIpc) is 3.36. The maximum Gasteiger partial charge on any atom is 0.256 e. The summed E-state index contributed by atoms with van der Waals surface area (Å²) in [5.41, 5.74) is 2.32. The van der Waals surface area contributed by atoms with Crippen molar-refractivity contribution in [2.75, 3.05) is 48.9 Å². The lowest BCUT2D eigenvalue weighted by molar-refractivity contribution is -0.113. The van der Waals surface area contributed by atoms with Crippen molar-refractivity contribution in [1.82, 2.24) is 9.88 Å². The van der Waals surface area contributed by atoms with Crippen LogP contribution in [-0.4, -0.2) is 60.4 Å². The number of nitrogens with one attached hydrogen (secondary N) is 1. The molecule has 1 N–H and O–H groups in total. The van der Waals surface area contributed by atoms with Gasteiger partial charge in [-0.1, -0.05) is 30.0 Å². The number of amides is 2. The number of aromatic nitrogens is 1. The van der Waals surface area contributed by atoms with Gasteiger partial charge in [-0.25, -0.2) is 4.98 Å². The minimum Gasteiger partial charge on any atom is -0.454 e. The lowest BCUT2D eigenvalue weighted by Gasteiger charge is -2.36. The van der Waals surface area contributed by atoms with Crippen LogP contribution in [0.25, 0.3) is 0 Å². The molecule has 2 aliphatic heterocycles. The Bertz CT molecular complexity index is 1180. The van der Waals surface area contributed by atoms with Gasteiger partial charge in [0.15, 0.2) is 11.5 Å². The van der Waals surface area contributed by atoms with E-state index in [2.05, 4.69) is 27.3 Å². The second-order valence-corrected chi connectivity index (χ2v) is 8.84. The highest BCUT2D eigenvalue weighted by molar-refractivity contribution is 8.00. The van der Waals surface area contributed by atoms with Crippen LogP contribution in [0.4, 0.5) is 11.4 Å². The van der Waals surface area contributed by atoms with Crippen LogP contribution in [0.1, 0.15) is 10.4 Å². The van der Waals surface area contributed by atoms with Crippen LogP contribution in [0, 0.1) is 0 Å². The number of hydrogen-bond donors (Lipinski definition) is 1. The first-order valence-corrected chi connectivity index (χ1v) is 12.0. The minimum absolute atomic E-state index is 0.0560. The summed E-state index contributed by atoms with van der Waals surface area (Å²) in [6.07, 6.45) is 1.64. The van der Waals surface area contributed by atoms with Crippen molar-refractivity contribution in [2.45, 2.75) is 5.03 Å². The summed E-state index contributed by atoms with van der Waals surface area (Å²) in [4.78, 5) is 34.2. The lowest BCUT2D eigenvalue weighted by Crippen LogP contribution is -2.48. The standard InChI is InChI=1S/C25H24N4O4S/c30-23(27-18-8-9-21-22(15-18)33-17-32-21)16-34-24-20(7-4-10-26-24)25(31)29-13-11-28(12-14-29)19-5-2-1-3-6-19/h1-10,15H,11-14,16-17H2,(H,27,30). The van der Waals surface area contributed by atoms with Gasteiger partial charge < -0.3 is 24.6 Å². The van der Waals surface area contributed by atoms with Crippen LogP contribution in [0.3, 0.4) is 0 Å². The largest absolute Gasteiger partial charge is 0.454 e. The molecule has 0 aliphatic carbocycles. The van der Waals surface area contributed by atoms with Crippen LogP contribution in [0.5, 0.6) is 11.5 Å². The fraction of sp³-hybridized carbons (Fsp3) is 0.240. The van der Waals surface area contributed by atoms with E-state index in [-0.39, 0.29) is 24.4 Å². The molecular weight excluding hydrogens is 452 g/mol. The third-order valence-corrected chi connectivity index (χ3v) is 6.69. The molecule has 5 rings (SSSR count). The van der Waals surface area contributed by atoms with E-state index in [1.54, 1.807) is 36.5 Å². The number of para-hydroxylation sites is 1. The first-order valence-electron chi connectivity index (χ1n) is 11.0. The third-order valence-electron chi connectivity index (χ3n) is 5.69. The van der Waals surface area contributed by atoms with Gasteiger partial charge in [0, 0.05) is 49.8 Å². The number of pyridine rings is 1. The Morgan fingerprint density at radius 1 is 0.941 bits per heavy atom. The van der Waals surface area contributed by atoms with Crippen LogP contribution in [0.15, 0.2) is 71.9 Å². The van der Waals surface area contributed by atoms with Crippen molar-refractivity contribution in [1.29, 1.82) is 0 Å². The molecular formula is C25H24N4O4S. The van der Waals surface area contributed by atoms with E-state index in [0.717, 1.165) is 13.1 Å². The maximum absolute atomic E-state index is 13.2. The molecule has 174 valence electrons. The molecule has 8 nitrogen and oxygen atoms in total. The topological polar surface area (TPSA) is 84.0 Å². The quantitative estimate of drug-likeness (QED) is 0.545. The molecule has 34 heavy (non-hydrogen) atoms. The Morgan fingerprint density at radius 2 is 1.74 bits per heavy atom. The molecule has 0 unspecified atom stereocenters. The molecule has 2 aromatic carbocycles. The van der Waals surface area contributed by atoms with Crippen molar-refractivity contribution in [3.63, 3.8) is 0 Å². The van der Waals surface area contributed by atoms with Gasteiger partial charge in [0.2, 0.25) is 12.7 Å². The maximum atomic E-state index is 13.2. The number of rotatable bonds is 6. The van der Waals surface area contributed by atoms with E-state index >= 15 is 0 Å². The molecule has 3 heterocycles. The van der Waals surface area contributed by atoms with Crippen LogP contribution in [-0.2, 0) is 4.79 Å². The summed E-state index contributed by atoms with van der Waals surface area (Å²) in [5, 5.41) is 3.40. The summed E-state index contributed by atoms with van der Waals surface area (Å²) in [5.74, 6) is 1.15. The molecule has 0 bridgehead atoms. The van der Waals surface area contributed by atoms with E-state index in [9.17, 15) is 9.59 Å². The van der Waals surface area contributed by atoms with Crippen molar-refractivity contribution in [3.05, 3.63) is 72.4 Å². The van der Waals surface area contributed by atoms with Gasteiger partial charge in [-0.05, 0) is 36.4 Å². The Labute approximate surface area is 201 Å². The second-order valence-electron chi connectivity index (χ2n) is 7.88. The summed E-state index contributed by atoms with van der Waals surface area (Å²) < 4.78 is 10.6. The van der Waals surface area contributed by atoms with Gasteiger partial charge in [0.1, 0.15) is 5.03 Å². The molecule has 2 amide bonds. The van der Waals surface area contributed by atoms with Crippen molar-refractivity contribution >= 4 is 35.0 Å². The minimum atomic E-state index is -0.190. The van der Waals surface area contributed by atoms with Gasteiger partial charge in [-0.15, -0.1) is 0 Å². The van der Waals surface area contributed by atoms with Gasteiger partial charge in [-0.2, -0.15) is 0 Å². The predicted molar refractivity (Wildman–Crippen MR) is 131 cm³/mol. The normalized spacial score (nSPS) is 14.7. The molecule has 1 aromatic heterocycles. The Kier molecular flexibility index (Phi) is 6.53. The van der Waals surface area contributed by atoms with Crippen LogP contribution >= 0.6 is 11.8 Å². The number of thioether (sulfide) groups is 1. The zero-order valence-electron chi connectivity index (χ0n) is 18.5. The van der Waals surface area contributed by atoms with Crippen molar-refractivity contribution in [3.8, 4) is 11.5 Å². The first kappa shape index (κ1) is 22.1. The fourth-order valence-electron chi connectivity index (χ4n) is 3.95. The average molecular weight is 477 g/mol. The summed E-state index contributed by atoms with van der Waals surface area (Å²) in [7, 11) is 0. The molecule has 0 radical (unpaired) electrons. The molecule has 9 heteroatoms. The second kappa shape index (κ2) is 10.0. The number of benzene rings is 2. The number of ether oxygens (including phenoxy) is 2. The summed E-state index contributed by atoms with van der Waals surface area (Å²) in [6, 6.07) is 19.0. The number of carbonyl (C=O) groups is 2. The third kappa shape index (κ3) is 4.94. The summed E-state index contributed by atoms with van der Waals surface area (Å²) in [6.45, 7) is 3.00. The number of carbonyl (C=O) groups excluding carboxylic acids is 2.